The first-order chi connectivity index (χ1) is 7.16. The number of hydrogen-bond acceptors (Lipinski definition) is 4. The van der Waals surface area contributed by atoms with Crippen molar-refractivity contribution < 1.29 is 4.92 Å². The summed E-state index contributed by atoms with van der Waals surface area (Å²) in [6.07, 6.45) is 3.25. The van der Waals surface area contributed by atoms with Gasteiger partial charge < -0.3 is 10.1 Å². The predicted molar refractivity (Wildman–Crippen MR) is 53.1 cm³/mol. The van der Waals surface area contributed by atoms with Crippen LogP contribution in [0.1, 0.15) is 0 Å². The fraction of sp³-hybridized carbons (Fsp3) is 0.111. The van der Waals surface area contributed by atoms with Crippen LogP contribution in [-0.4, -0.2) is 19.7 Å². The summed E-state index contributed by atoms with van der Waals surface area (Å²) in [7, 11) is 1.81. The predicted octanol–water partition coefficient (Wildman–Crippen LogP) is 1.39. The number of nitrogens with zero attached hydrogens (tertiary/aromatic N) is 4. The molecule has 76 valence electrons. The van der Waals surface area contributed by atoms with Crippen LogP contribution in [0.25, 0.3) is 11.3 Å². The maximum atomic E-state index is 10.4. The van der Waals surface area contributed by atoms with Gasteiger partial charge in [-0.3, -0.25) is 4.68 Å². The molecule has 2 rings (SSSR count). The molecule has 2 aromatic heterocycles. The van der Waals surface area contributed by atoms with E-state index in [0.29, 0.717) is 0 Å². The third kappa shape index (κ3) is 1.83. The average Bonchev–Trinajstić information content (AvgIpc) is 2.65. The third-order valence-electron chi connectivity index (χ3n) is 1.94. The van der Waals surface area contributed by atoms with Gasteiger partial charge in [-0.2, -0.15) is 5.10 Å². The summed E-state index contributed by atoms with van der Waals surface area (Å²) in [6, 6.07) is 4.82. The van der Waals surface area contributed by atoms with Gasteiger partial charge in [0.15, 0.2) is 0 Å². The van der Waals surface area contributed by atoms with Gasteiger partial charge in [0.2, 0.25) is 0 Å². The Balaban J connectivity index is 2.35. The highest BCUT2D eigenvalue weighted by Crippen LogP contribution is 2.17. The van der Waals surface area contributed by atoms with Crippen molar-refractivity contribution in [1.82, 2.24) is 14.8 Å². The largest absolute Gasteiger partial charge is 0.363 e. The lowest BCUT2D eigenvalue weighted by molar-refractivity contribution is -0.389. The summed E-state index contributed by atoms with van der Waals surface area (Å²) in [5.74, 6) is -0.158. The summed E-state index contributed by atoms with van der Waals surface area (Å²) in [4.78, 5) is 13.6. The van der Waals surface area contributed by atoms with Gasteiger partial charge in [-0.05, 0) is 22.0 Å². The molecule has 6 nitrogen and oxygen atoms in total. The van der Waals surface area contributed by atoms with E-state index < -0.39 is 4.92 Å². The normalized spacial score (nSPS) is 10.2. The molecule has 0 unspecified atom stereocenters. The van der Waals surface area contributed by atoms with Crippen LogP contribution < -0.4 is 0 Å². The standard InChI is InChI=1S/C9H8N4O2/c1-12-5-4-8(11-12)7-2-3-9(10-6-7)13(14)15/h2-6H,1H3. The molecule has 15 heavy (non-hydrogen) atoms. The topological polar surface area (TPSA) is 73.8 Å². The van der Waals surface area contributed by atoms with Gasteiger partial charge in [0.1, 0.15) is 6.20 Å². The van der Waals surface area contributed by atoms with Crippen molar-refractivity contribution in [2.24, 2.45) is 7.05 Å². The van der Waals surface area contributed by atoms with Gasteiger partial charge in [0.05, 0.1) is 5.69 Å². The molecule has 0 amide bonds. The van der Waals surface area contributed by atoms with Crippen molar-refractivity contribution in [3.63, 3.8) is 0 Å². The highest BCUT2D eigenvalue weighted by atomic mass is 16.6. The summed E-state index contributed by atoms with van der Waals surface area (Å²) in [5, 5.41) is 14.5. The monoisotopic (exact) mass is 204 g/mol. The van der Waals surface area contributed by atoms with Crippen molar-refractivity contribution in [3.05, 3.63) is 40.7 Å². The molecule has 2 heterocycles. The van der Waals surface area contributed by atoms with Crippen LogP contribution in [0.3, 0.4) is 0 Å². The number of pyridine rings is 1. The van der Waals surface area contributed by atoms with Gasteiger partial charge in [-0.1, -0.05) is 0 Å². The minimum absolute atomic E-state index is 0.158. The van der Waals surface area contributed by atoms with Crippen LogP contribution >= 0.6 is 0 Å². The van der Waals surface area contributed by atoms with Crippen molar-refractivity contribution in [1.29, 1.82) is 0 Å². The highest BCUT2D eigenvalue weighted by molar-refractivity contribution is 5.57. The molecule has 0 fully saturated rings. The zero-order valence-electron chi connectivity index (χ0n) is 7.99. The Labute approximate surface area is 85.3 Å². The summed E-state index contributed by atoms with van der Waals surface area (Å²) >= 11 is 0. The van der Waals surface area contributed by atoms with Crippen LogP contribution in [0, 0.1) is 10.1 Å². The van der Waals surface area contributed by atoms with Crippen molar-refractivity contribution in [2.45, 2.75) is 0 Å². The van der Waals surface area contributed by atoms with E-state index >= 15 is 0 Å². The maximum Gasteiger partial charge on any atom is 0.363 e. The molecule has 6 heteroatoms. The molecular formula is C9H8N4O2. The van der Waals surface area contributed by atoms with Crippen LogP contribution in [0.2, 0.25) is 0 Å². The van der Waals surface area contributed by atoms with E-state index in [4.69, 9.17) is 0 Å². The Kier molecular flexibility index (Phi) is 2.17. The third-order valence-corrected chi connectivity index (χ3v) is 1.94. The van der Waals surface area contributed by atoms with E-state index in [-0.39, 0.29) is 5.82 Å². The molecule has 0 bridgehead atoms. The zero-order chi connectivity index (χ0) is 10.8. The molecule has 0 atom stereocenters. The van der Waals surface area contributed by atoms with E-state index in [1.807, 2.05) is 13.1 Å². The summed E-state index contributed by atoms with van der Waals surface area (Å²) < 4.78 is 1.66. The zero-order valence-corrected chi connectivity index (χ0v) is 7.99. The summed E-state index contributed by atoms with van der Waals surface area (Å²) in [6.45, 7) is 0. The molecule has 0 aliphatic heterocycles. The molecule has 0 aromatic carbocycles. The van der Waals surface area contributed by atoms with Crippen molar-refractivity contribution in [3.8, 4) is 11.3 Å². The SMILES string of the molecule is Cn1ccc(-c2ccc([N+](=O)[O-])nc2)n1. The van der Waals surface area contributed by atoms with Crippen LogP contribution in [0.5, 0.6) is 0 Å². The molecule has 0 spiro atoms. The van der Waals surface area contributed by atoms with Gasteiger partial charge in [-0.15, -0.1) is 0 Å². The van der Waals surface area contributed by atoms with E-state index in [0.717, 1.165) is 11.3 Å². The molecule has 0 N–H and O–H groups in total. The molecule has 0 radical (unpaired) electrons. The van der Waals surface area contributed by atoms with E-state index in [1.54, 1.807) is 16.9 Å². The van der Waals surface area contributed by atoms with Gasteiger partial charge >= 0.3 is 5.82 Å². The molecular weight excluding hydrogens is 196 g/mol. The second kappa shape index (κ2) is 3.49. The Morgan fingerprint density at radius 3 is 2.67 bits per heavy atom. The van der Waals surface area contributed by atoms with E-state index in [1.165, 1.54) is 12.3 Å². The molecule has 0 saturated carbocycles. The van der Waals surface area contributed by atoms with Gasteiger partial charge in [-0.25, -0.2) is 0 Å². The Hall–Kier alpha value is -2.24. The van der Waals surface area contributed by atoms with Gasteiger partial charge in [0.25, 0.3) is 0 Å². The van der Waals surface area contributed by atoms with Crippen LogP contribution in [-0.2, 0) is 7.05 Å². The Morgan fingerprint density at radius 1 is 1.40 bits per heavy atom. The fourth-order valence-corrected chi connectivity index (χ4v) is 1.21. The average molecular weight is 204 g/mol. The van der Waals surface area contributed by atoms with Crippen molar-refractivity contribution >= 4 is 5.82 Å². The molecule has 2 aromatic rings. The van der Waals surface area contributed by atoms with E-state index in [9.17, 15) is 10.1 Å². The number of aryl methyl sites for hydroxylation is 1. The molecule has 0 saturated heterocycles. The second-order valence-electron chi connectivity index (χ2n) is 3.04. The second-order valence-corrected chi connectivity index (χ2v) is 3.04. The Bertz CT molecular complexity index is 489. The van der Waals surface area contributed by atoms with Gasteiger partial charge in [0, 0.05) is 24.9 Å². The lowest BCUT2D eigenvalue weighted by Gasteiger charge is -1.94. The lowest BCUT2D eigenvalue weighted by Crippen LogP contribution is -1.92. The highest BCUT2D eigenvalue weighted by Gasteiger charge is 2.08. The summed E-state index contributed by atoms with van der Waals surface area (Å²) in [5.41, 5.74) is 1.51. The molecule has 0 aliphatic rings. The quantitative estimate of drug-likeness (QED) is 0.547. The van der Waals surface area contributed by atoms with Crippen molar-refractivity contribution in [2.75, 3.05) is 0 Å². The first-order valence-electron chi connectivity index (χ1n) is 4.27. The number of nitro groups is 1. The maximum absolute atomic E-state index is 10.4. The molecule has 0 aliphatic carbocycles. The number of rotatable bonds is 2. The van der Waals surface area contributed by atoms with Crippen LogP contribution in [0.4, 0.5) is 5.82 Å². The Morgan fingerprint density at radius 2 is 2.20 bits per heavy atom. The van der Waals surface area contributed by atoms with E-state index in [2.05, 4.69) is 10.1 Å². The number of hydrogen-bond donors (Lipinski definition) is 0. The number of aromatic nitrogens is 3. The fourth-order valence-electron chi connectivity index (χ4n) is 1.21. The first-order valence-corrected chi connectivity index (χ1v) is 4.27. The smallest absolute Gasteiger partial charge is 0.358 e. The minimum Gasteiger partial charge on any atom is -0.358 e. The minimum atomic E-state index is -0.526. The lowest BCUT2D eigenvalue weighted by atomic mass is 10.2. The van der Waals surface area contributed by atoms with Crippen LogP contribution in [0.15, 0.2) is 30.6 Å². The first kappa shape index (κ1) is 9.32.